The van der Waals surface area contributed by atoms with Crippen molar-refractivity contribution in [3.05, 3.63) is 0 Å². The van der Waals surface area contributed by atoms with Crippen LogP contribution in [0.25, 0.3) is 0 Å². The van der Waals surface area contributed by atoms with Gasteiger partial charge in [-0.1, -0.05) is 13.3 Å². The third-order valence-electron chi connectivity index (χ3n) is 4.20. The highest BCUT2D eigenvalue weighted by Crippen LogP contribution is 2.59. The summed E-state index contributed by atoms with van der Waals surface area (Å²) in [5.41, 5.74) is 0. The van der Waals surface area contributed by atoms with Crippen molar-refractivity contribution in [2.24, 2.45) is 17.8 Å². The largest absolute Gasteiger partial charge is 0.314 e. The second-order valence-corrected chi connectivity index (χ2v) is 7.68. The normalized spacial score (nSPS) is 34.8. The standard InChI is InChI=1S/C12H23NO2S/c1-3-13-11(7-8-16(2,14)15)12-9-5-4-6-10(9)12/h9-13H,3-8H2,1-2H3. The molecule has 2 aliphatic carbocycles. The molecule has 16 heavy (non-hydrogen) atoms. The number of nitrogens with one attached hydrogen (secondary N) is 1. The highest BCUT2D eigenvalue weighted by Gasteiger charge is 2.55. The number of rotatable bonds is 6. The number of sulfone groups is 1. The minimum Gasteiger partial charge on any atom is -0.314 e. The minimum absolute atomic E-state index is 0.334. The van der Waals surface area contributed by atoms with Gasteiger partial charge in [-0.25, -0.2) is 8.42 Å². The van der Waals surface area contributed by atoms with Crippen molar-refractivity contribution in [2.45, 2.75) is 38.6 Å². The van der Waals surface area contributed by atoms with Gasteiger partial charge in [-0.05, 0) is 43.6 Å². The SMILES string of the molecule is CCNC(CCS(C)(=O)=O)C1C2CCCC21. The summed E-state index contributed by atoms with van der Waals surface area (Å²) in [5, 5.41) is 3.48. The fourth-order valence-corrected chi connectivity index (χ4v) is 4.19. The van der Waals surface area contributed by atoms with E-state index in [9.17, 15) is 8.42 Å². The molecule has 4 heteroatoms. The Bertz CT molecular complexity index is 329. The smallest absolute Gasteiger partial charge is 0.147 e. The molecule has 1 N–H and O–H groups in total. The lowest BCUT2D eigenvalue weighted by Crippen LogP contribution is -2.34. The summed E-state index contributed by atoms with van der Waals surface area (Å²) in [7, 11) is -2.81. The first-order chi connectivity index (χ1) is 7.53. The first-order valence-corrected chi connectivity index (χ1v) is 8.50. The highest BCUT2D eigenvalue weighted by molar-refractivity contribution is 7.90. The molecule has 3 unspecified atom stereocenters. The lowest BCUT2D eigenvalue weighted by Gasteiger charge is -2.19. The van der Waals surface area contributed by atoms with Crippen molar-refractivity contribution >= 4 is 9.84 Å². The van der Waals surface area contributed by atoms with Crippen molar-refractivity contribution in [2.75, 3.05) is 18.6 Å². The third kappa shape index (κ3) is 2.77. The fourth-order valence-electron chi connectivity index (χ4n) is 3.51. The van der Waals surface area contributed by atoms with E-state index in [1.165, 1.54) is 25.5 Å². The van der Waals surface area contributed by atoms with E-state index in [4.69, 9.17) is 0 Å². The van der Waals surface area contributed by atoms with Gasteiger partial charge in [0.1, 0.15) is 9.84 Å². The molecule has 3 nitrogen and oxygen atoms in total. The maximum Gasteiger partial charge on any atom is 0.147 e. The van der Waals surface area contributed by atoms with Crippen LogP contribution < -0.4 is 5.32 Å². The molecule has 0 aromatic carbocycles. The Hall–Kier alpha value is -0.0900. The van der Waals surface area contributed by atoms with Crippen molar-refractivity contribution in [3.8, 4) is 0 Å². The zero-order valence-corrected chi connectivity index (χ0v) is 11.1. The summed E-state index contributed by atoms with van der Waals surface area (Å²) in [5.74, 6) is 2.92. The first kappa shape index (κ1) is 12.4. The maximum absolute atomic E-state index is 11.2. The Balaban J connectivity index is 1.86. The highest BCUT2D eigenvalue weighted by atomic mass is 32.2. The molecule has 2 aliphatic rings. The second kappa shape index (κ2) is 4.65. The van der Waals surface area contributed by atoms with Crippen molar-refractivity contribution in [1.82, 2.24) is 5.32 Å². The van der Waals surface area contributed by atoms with Crippen LogP contribution in [0, 0.1) is 17.8 Å². The van der Waals surface area contributed by atoms with Crippen LogP contribution in [0.15, 0.2) is 0 Å². The molecule has 2 fully saturated rings. The summed E-state index contributed by atoms with van der Waals surface area (Å²) in [6.45, 7) is 3.05. The second-order valence-electron chi connectivity index (χ2n) is 5.42. The lowest BCUT2D eigenvalue weighted by atomic mass is 10.0. The summed E-state index contributed by atoms with van der Waals surface area (Å²) < 4.78 is 22.4. The Morgan fingerprint density at radius 1 is 1.31 bits per heavy atom. The summed E-state index contributed by atoms with van der Waals surface area (Å²) >= 11 is 0. The van der Waals surface area contributed by atoms with Crippen molar-refractivity contribution < 1.29 is 8.42 Å². The first-order valence-electron chi connectivity index (χ1n) is 6.44. The van der Waals surface area contributed by atoms with Crippen LogP contribution in [-0.4, -0.2) is 33.0 Å². The molecule has 0 radical (unpaired) electrons. The fraction of sp³-hybridized carbons (Fsp3) is 1.00. The van der Waals surface area contributed by atoms with Gasteiger partial charge in [0.15, 0.2) is 0 Å². The van der Waals surface area contributed by atoms with E-state index in [1.807, 2.05) is 0 Å². The van der Waals surface area contributed by atoms with E-state index in [-0.39, 0.29) is 0 Å². The Morgan fingerprint density at radius 3 is 2.44 bits per heavy atom. The van der Waals surface area contributed by atoms with Gasteiger partial charge in [0.05, 0.1) is 5.75 Å². The summed E-state index contributed by atoms with van der Waals surface area (Å²) in [4.78, 5) is 0. The molecule has 2 saturated carbocycles. The molecule has 0 amide bonds. The van der Waals surface area contributed by atoms with E-state index in [0.29, 0.717) is 11.8 Å². The zero-order valence-electron chi connectivity index (χ0n) is 10.3. The van der Waals surface area contributed by atoms with Gasteiger partial charge in [0, 0.05) is 12.3 Å². The van der Waals surface area contributed by atoms with Gasteiger partial charge >= 0.3 is 0 Å². The summed E-state index contributed by atoms with van der Waals surface area (Å²) in [6, 6.07) is 0.440. The molecule has 0 aromatic heterocycles. The lowest BCUT2D eigenvalue weighted by molar-refractivity contribution is 0.403. The third-order valence-corrected chi connectivity index (χ3v) is 5.18. The molecular formula is C12H23NO2S. The molecule has 0 aromatic rings. The number of hydrogen-bond donors (Lipinski definition) is 1. The quantitative estimate of drug-likeness (QED) is 0.770. The molecule has 94 valence electrons. The Kier molecular flexibility index (Phi) is 3.59. The topological polar surface area (TPSA) is 46.2 Å². The average Bonchev–Trinajstić information content (AvgIpc) is 2.67. The van der Waals surface area contributed by atoms with Crippen LogP contribution in [0.2, 0.25) is 0 Å². The molecule has 3 atom stereocenters. The molecule has 0 bridgehead atoms. The van der Waals surface area contributed by atoms with Crippen LogP contribution in [0.5, 0.6) is 0 Å². The van der Waals surface area contributed by atoms with Crippen LogP contribution in [-0.2, 0) is 9.84 Å². The van der Waals surface area contributed by atoms with Crippen molar-refractivity contribution in [3.63, 3.8) is 0 Å². The average molecular weight is 245 g/mol. The van der Waals surface area contributed by atoms with Crippen molar-refractivity contribution in [1.29, 1.82) is 0 Å². The molecule has 2 rings (SSSR count). The monoisotopic (exact) mass is 245 g/mol. The van der Waals surface area contributed by atoms with E-state index in [1.54, 1.807) is 0 Å². The maximum atomic E-state index is 11.2. The molecule has 0 spiro atoms. The number of fused-ring (bicyclic) bond motifs is 1. The predicted molar refractivity (Wildman–Crippen MR) is 66.1 cm³/mol. The molecule has 0 saturated heterocycles. The van der Waals surface area contributed by atoms with Crippen LogP contribution in [0.1, 0.15) is 32.6 Å². The van der Waals surface area contributed by atoms with E-state index < -0.39 is 9.84 Å². The molecule has 0 heterocycles. The van der Waals surface area contributed by atoms with Gasteiger partial charge in [-0.2, -0.15) is 0 Å². The van der Waals surface area contributed by atoms with Gasteiger partial charge < -0.3 is 5.32 Å². The molecular weight excluding hydrogens is 222 g/mol. The van der Waals surface area contributed by atoms with E-state index in [0.717, 1.165) is 30.7 Å². The zero-order chi connectivity index (χ0) is 11.8. The van der Waals surface area contributed by atoms with Gasteiger partial charge in [0.2, 0.25) is 0 Å². The van der Waals surface area contributed by atoms with Gasteiger partial charge in [-0.3, -0.25) is 0 Å². The van der Waals surface area contributed by atoms with Crippen LogP contribution in [0.4, 0.5) is 0 Å². The minimum atomic E-state index is -2.81. The summed E-state index contributed by atoms with van der Waals surface area (Å²) in [6.07, 6.45) is 6.26. The van der Waals surface area contributed by atoms with Crippen LogP contribution >= 0.6 is 0 Å². The van der Waals surface area contributed by atoms with Gasteiger partial charge in [0.25, 0.3) is 0 Å². The molecule has 0 aliphatic heterocycles. The number of hydrogen-bond acceptors (Lipinski definition) is 3. The van der Waals surface area contributed by atoms with E-state index in [2.05, 4.69) is 12.2 Å². The predicted octanol–water partition coefficient (Wildman–Crippen LogP) is 1.45. The Labute approximate surface area is 98.9 Å². The van der Waals surface area contributed by atoms with Crippen LogP contribution in [0.3, 0.4) is 0 Å². The Morgan fingerprint density at radius 2 is 1.94 bits per heavy atom. The van der Waals surface area contributed by atoms with Gasteiger partial charge in [-0.15, -0.1) is 0 Å². The van der Waals surface area contributed by atoms with E-state index >= 15 is 0 Å².